The van der Waals surface area contributed by atoms with Gasteiger partial charge in [0.1, 0.15) is 17.9 Å². The van der Waals surface area contributed by atoms with Gasteiger partial charge in [0.15, 0.2) is 5.65 Å². The van der Waals surface area contributed by atoms with Crippen LogP contribution in [0, 0.1) is 0 Å². The maximum Gasteiger partial charge on any atom is 0.387 e. The van der Waals surface area contributed by atoms with Gasteiger partial charge in [0.25, 0.3) is 0 Å². The van der Waals surface area contributed by atoms with Crippen molar-refractivity contribution in [2.24, 2.45) is 7.05 Å². The van der Waals surface area contributed by atoms with E-state index in [9.17, 15) is 8.78 Å². The third kappa shape index (κ3) is 3.20. The van der Waals surface area contributed by atoms with E-state index < -0.39 is 6.61 Å². The Morgan fingerprint density at radius 1 is 1.17 bits per heavy atom. The molecule has 3 rings (SSSR count). The number of alkyl halides is 2. The highest BCUT2D eigenvalue weighted by Gasteiger charge is 2.12. The molecule has 0 saturated heterocycles. The number of nitrogens with one attached hydrogen (secondary N) is 1. The van der Waals surface area contributed by atoms with Gasteiger partial charge in [-0.05, 0) is 24.6 Å². The first-order valence-corrected chi connectivity index (χ1v) is 6.98. The second-order valence-electron chi connectivity index (χ2n) is 5.04. The van der Waals surface area contributed by atoms with E-state index in [1.165, 1.54) is 18.5 Å². The molecule has 23 heavy (non-hydrogen) atoms. The number of ether oxygens (including phenoxy) is 1. The molecule has 0 unspecified atom stereocenters. The van der Waals surface area contributed by atoms with Crippen LogP contribution in [-0.4, -0.2) is 26.4 Å². The van der Waals surface area contributed by atoms with Crippen LogP contribution in [0.1, 0.15) is 18.5 Å². The summed E-state index contributed by atoms with van der Waals surface area (Å²) in [5.41, 5.74) is 1.65. The smallest absolute Gasteiger partial charge is 0.387 e. The number of benzene rings is 1. The maximum absolute atomic E-state index is 12.2. The predicted octanol–water partition coefficient (Wildman–Crippen LogP) is 3.14. The molecule has 0 aliphatic carbocycles. The van der Waals surface area contributed by atoms with Crippen molar-refractivity contribution in [3.63, 3.8) is 0 Å². The third-order valence-electron chi connectivity index (χ3n) is 3.49. The van der Waals surface area contributed by atoms with E-state index in [1.807, 2.05) is 14.0 Å². The second-order valence-corrected chi connectivity index (χ2v) is 5.04. The molecule has 6 nitrogen and oxygen atoms in total. The van der Waals surface area contributed by atoms with E-state index in [0.29, 0.717) is 5.82 Å². The zero-order valence-electron chi connectivity index (χ0n) is 12.6. The summed E-state index contributed by atoms with van der Waals surface area (Å²) >= 11 is 0. The molecule has 0 aliphatic heterocycles. The van der Waals surface area contributed by atoms with Crippen molar-refractivity contribution in [1.29, 1.82) is 0 Å². The second kappa shape index (κ2) is 6.15. The highest BCUT2D eigenvalue weighted by Crippen LogP contribution is 2.25. The van der Waals surface area contributed by atoms with E-state index in [4.69, 9.17) is 0 Å². The molecule has 0 radical (unpaired) electrons. The Morgan fingerprint density at radius 3 is 2.61 bits per heavy atom. The first-order valence-electron chi connectivity index (χ1n) is 6.98. The molecule has 3 aromatic rings. The SMILES string of the molecule is C[C@H](Nc1ncnc2c1cnn2C)c1ccc(OC(F)F)cc1. The van der Waals surface area contributed by atoms with Crippen LogP contribution in [0.2, 0.25) is 0 Å². The van der Waals surface area contributed by atoms with Crippen molar-refractivity contribution in [3.05, 3.63) is 42.4 Å². The Kier molecular flexibility index (Phi) is 4.05. The number of hydrogen-bond donors (Lipinski definition) is 1. The van der Waals surface area contributed by atoms with E-state index in [-0.39, 0.29) is 11.8 Å². The zero-order chi connectivity index (χ0) is 16.4. The summed E-state index contributed by atoms with van der Waals surface area (Å²) in [6, 6.07) is 6.42. The summed E-state index contributed by atoms with van der Waals surface area (Å²) < 4.78 is 30.3. The molecule has 1 N–H and O–H groups in total. The summed E-state index contributed by atoms with van der Waals surface area (Å²) in [4.78, 5) is 8.43. The van der Waals surface area contributed by atoms with Gasteiger partial charge in [-0.2, -0.15) is 13.9 Å². The molecular weight excluding hydrogens is 304 g/mol. The van der Waals surface area contributed by atoms with Crippen molar-refractivity contribution in [1.82, 2.24) is 19.7 Å². The summed E-state index contributed by atoms with van der Waals surface area (Å²) in [7, 11) is 1.81. The number of nitrogens with zero attached hydrogens (tertiary/aromatic N) is 4. The van der Waals surface area contributed by atoms with Gasteiger partial charge in [0.05, 0.1) is 11.6 Å². The van der Waals surface area contributed by atoms with Gasteiger partial charge in [-0.3, -0.25) is 4.68 Å². The number of fused-ring (bicyclic) bond motifs is 1. The monoisotopic (exact) mass is 319 g/mol. The summed E-state index contributed by atoms with van der Waals surface area (Å²) in [6.45, 7) is -0.871. The van der Waals surface area contributed by atoms with Crippen molar-refractivity contribution >= 4 is 16.9 Å². The molecule has 0 aliphatic rings. The number of hydrogen-bond acceptors (Lipinski definition) is 5. The minimum Gasteiger partial charge on any atom is -0.435 e. The fourth-order valence-electron chi connectivity index (χ4n) is 2.30. The van der Waals surface area contributed by atoms with Gasteiger partial charge in [-0.25, -0.2) is 9.97 Å². The Morgan fingerprint density at radius 2 is 1.91 bits per heavy atom. The van der Waals surface area contributed by atoms with E-state index in [1.54, 1.807) is 23.0 Å². The molecule has 120 valence electrons. The molecule has 1 atom stereocenters. The summed E-state index contributed by atoms with van der Waals surface area (Å²) in [5.74, 6) is 0.802. The topological polar surface area (TPSA) is 64.9 Å². The van der Waals surface area contributed by atoms with Gasteiger partial charge >= 0.3 is 6.61 Å². The average molecular weight is 319 g/mol. The van der Waals surface area contributed by atoms with Crippen LogP contribution in [0.25, 0.3) is 11.0 Å². The van der Waals surface area contributed by atoms with Crippen molar-refractivity contribution < 1.29 is 13.5 Å². The maximum atomic E-state index is 12.2. The lowest BCUT2D eigenvalue weighted by Gasteiger charge is -2.16. The van der Waals surface area contributed by atoms with E-state index >= 15 is 0 Å². The highest BCUT2D eigenvalue weighted by molar-refractivity contribution is 5.86. The Labute approximate surface area is 131 Å². The first-order chi connectivity index (χ1) is 11.0. The number of aryl methyl sites for hydroxylation is 1. The van der Waals surface area contributed by atoms with Crippen molar-refractivity contribution in [2.45, 2.75) is 19.6 Å². The van der Waals surface area contributed by atoms with Crippen LogP contribution in [-0.2, 0) is 7.05 Å². The lowest BCUT2D eigenvalue weighted by atomic mass is 10.1. The summed E-state index contributed by atoms with van der Waals surface area (Å²) in [5, 5.41) is 8.26. The molecule has 0 saturated carbocycles. The molecule has 0 amide bonds. The highest BCUT2D eigenvalue weighted by atomic mass is 19.3. The largest absolute Gasteiger partial charge is 0.435 e. The molecule has 8 heteroatoms. The minimum atomic E-state index is -2.82. The van der Waals surface area contributed by atoms with E-state index in [2.05, 4.69) is 25.1 Å². The fourth-order valence-corrected chi connectivity index (χ4v) is 2.30. The lowest BCUT2D eigenvalue weighted by molar-refractivity contribution is -0.0498. The molecule has 0 bridgehead atoms. The van der Waals surface area contributed by atoms with Crippen LogP contribution in [0.15, 0.2) is 36.8 Å². The van der Waals surface area contributed by atoms with Gasteiger partial charge in [-0.1, -0.05) is 12.1 Å². The van der Waals surface area contributed by atoms with Crippen LogP contribution in [0.5, 0.6) is 5.75 Å². The Hall–Kier alpha value is -2.77. The Balaban J connectivity index is 1.79. The normalized spacial score (nSPS) is 12.6. The Bertz CT molecular complexity index is 803. The van der Waals surface area contributed by atoms with E-state index in [0.717, 1.165) is 16.6 Å². The number of aromatic nitrogens is 4. The van der Waals surface area contributed by atoms with Crippen LogP contribution in [0.4, 0.5) is 14.6 Å². The number of rotatable bonds is 5. The van der Waals surface area contributed by atoms with Gasteiger partial charge < -0.3 is 10.1 Å². The number of halogens is 2. The average Bonchev–Trinajstić information content (AvgIpc) is 2.90. The van der Waals surface area contributed by atoms with Gasteiger partial charge in [-0.15, -0.1) is 0 Å². The molecule has 2 aromatic heterocycles. The van der Waals surface area contributed by atoms with Crippen molar-refractivity contribution in [3.8, 4) is 5.75 Å². The molecule has 1 aromatic carbocycles. The molecule has 0 spiro atoms. The first kappa shape index (κ1) is 15.1. The predicted molar refractivity (Wildman–Crippen MR) is 81.4 cm³/mol. The standard InChI is InChI=1S/C15H15F2N5O/c1-9(10-3-5-11(6-4-10)23-15(16)17)21-13-12-7-20-22(2)14(12)19-8-18-13/h3-9,15H,1-2H3,(H,18,19,21)/t9-/m0/s1. The zero-order valence-corrected chi connectivity index (χ0v) is 12.6. The quantitative estimate of drug-likeness (QED) is 0.782. The fraction of sp³-hybridized carbons (Fsp3) is 0.267. The lowest BCUT2D eigenvalue weighted by Crippen LogP contribution is -2.09. The van der Waals surface area contributed by atoms with Gasteiger partial charge in [0.2, 0.25) is 0 Å². The van der Waals surface area contributed by atoms with Crippen molar-refractivity contribution in [2.75, 3.05) is 5.32 Å². The summed E-state index contributed by atoms with van der Waals surface area (Å²) in [6.07, 6.45) is 3.17. The van der Waals surface area contributed by atoms with Crippen LogP contribution >= 0.6 is 0 Å². The molecule has 0 fully saturated rings. The number of anilines is 1. The molecule has 2 heterocycles. The van der Waals surface area contributed by atoms with Gasteiger partial charge in [0, 0.05) is 13.1 Å². The minimum absolute atomic E-state index is 0.0751. The van der Waals surface area contributed by atoms with Crippen LogP contribution < -0.4 is 10.1 Å². The third-order valence-corrected chi connectivity index (χ3v) is 3.49. The van der Waals surface area contributed by atoms with Crippen LogP contribution in [0.3, 0.4) is 0 Å². The molecular formula is C15H15F2N5O.